The summed E-state index contributed by atoms with van der Waals surface area (Å²) in [6.07, 6.45) is 0.951. The molecule has 0 atom stereocenters. The Bertz CT molecular complexity index is 245. The Morgan fingerprint density at radius 2 is 2.18 bits per heavy atom. The summed E-state index contributed by atoms with van der Waals surface area (Å²) in [6, 6.07) is 6.27. The van der Waals surface area contributed by atoms with Crippen LogP contribution in [0.2, 0.25) is 0 Å². The second-order valence-corrected chi connectivity index (χ2v) is 3.80. The monoisotopic (exact) mass is 232 g/mol. The lowest BCUT2D eigenvalue weighted by Crippen LogP contribution is -1.89. The summed E-state index contributed by atoms with van der Waals surface area (Å²) >= 11 is 9.07. The third-order valence-corrected chi connectivity index (χ3v) is 2.36. The second-order valence-electron chi connectivity index (χ2n) is 2.51. The zero-order valence-corrected chi connectivity index (χ0v) is 8.74. The average Bonchev–Trinajstić information content (AvgIpc) is 1.98. The molecule has 0 aliphatic carbocycles. The highest BCUT2D eigenvalue weighted by molar-refractivity contribution is 9.10. The van der Waals surface area contributed by atoms with Crippen LogP contribution in [0.15, 0.2) is 22.7 Å². The largest absolute Gasteiger partial charge is 0.126 e. The molecule has 0 unspecified atom stereocenters. The van der Waals surface area contributed by atoms with Gasteiger partial charge in [0.2, 0.25) is 0 Å². The molecule has 0 aliphatic heterocycles. The molecular formula is C9H10BrCl. The lowest BCUT2D eigenvalue weighted by atomic mass is 10.1. The molecule has 0 N–H and O–H groups in total. The topological polar surface area (TPSA) is 0 Å². The van der Waals surface area contributed by atoms with E-state index in [1.54, 1.807) is 0 Å². The van der Waals surface area contributed by atoms with E-state index in [1.807, 2.05) is 6.07 Å². The van der Waals surface area contributed by atoms with Gasteiger partial charge in [-0.15, -0.1) is 11.6 Å². The van der Waals surface area contributed by atoms with Crippen molar-refractivity contribution in [3.63, 3.8) is 0 Å². The first-order valence-corrected chi connectivity index (χ1v) is 4.88. The predicted molar refractivity (Wildman–Crippen MR) is 53.3 cm³/mol. The quantitative estimate of drug-likeness (QED) is 0.686. The summed E-state index contributed by atoms with van der Waals surface area (Å²) in [5.74, 6) is 0.692. The van der Waals surface area contributed by atoms with Gasteiger partial charge < -0.3 is 0 Å². The van der Waals surface area contributed by atoms with E-state index >= 15 is 0 Å². The number of hydrogen-bond acceptors (Lipinski definition) is 0. The van der Waals surface area contributed by atoms with Crippen LogP contribution in [0.5, 0.6) is 0 Å². The van der Waals surface area contributed by atoms with Gasteiger partial charge in [-0.3, -0.25) is 0 Å². The van der Waals surface area contributed by atoms with Gasteiger partial charge in [0.05, 0.1) is 0 Å². The molecule has 0 nitrogen and oxygen atoms in total. The lowest BCUT2D eigenvalue weighted by molar-refractivity contribution is 1.11. The fourth-order valence-corrected chi connectivity index (χ4v) is 1.62. The van der Waals surface area contributed by atoms with E-state index in [2.05, 4.69) is 35.0 Å². The predicted octanol–water partition coefficient (Wildman–Crippen LogP) is 3.54. The van der Waals surface area contributed by atoms with Crippen LogP contribution in [0.25, 0.3) is 0 Å². The fourth-order valence-electron chi connectivity index (χ4n) is 1.01. The van der Waals surface area contributed by atoms with E-state index in [4.69, 9.17) is 11.6 Å². The van der Waals surface area contributed by atoms with E-state index in [1.165, 1.54) is 11.1 Å². The van der Waals surface area contributed by atoms with Crippen LogP contribution in [0.3, 0.4) is 0 Å². The Balaban J connectivity index is 2.93. The third-order valence-electron chi connectivity index (χ3n) is 1.68. The van der Waals surface area contributed by atoms with Crippen molar-refractivity contribution >= 4 is 27.5 Å². The molecule has 0 bridgehead atoms. The zero-order chi connectivity index (χ0) is 8.27. The number of rotatable bonds is 2. The summed E-state index contributed by atoms with van der Waals surface area (Å²) in [5.41, 5.74) is 2.64. The molecule has 11 heavy (non-hydrogen) atoms. The summed E-state index contributed by atoms with van der Waals surface area (Å²) in [7, 11) is 0. The van der Waals surface area contributed by atoms with Crippen LogP contribution in [-0.4, -0.2) is 5.88 Å². The Kier molecular flexibility index (Phi) is 3.41. The molecule has 0 amide bonds. The van der Waals surface area contributed by atoms with Crippen LogP contribution < -0.4 is 0 Å². The standard InChI is InChI=1S/C9H10BrCl/c1-7-2-3-9(10)6-8(7)4-5-11/h2-3,6H,4-5H2,1H3. The first-order chi connectivity index (χ1) is 5.24. The summed E-state index contributed by atoms with van der Waals surface area (Å²) < 4.78 is 1.13. The molecule has 1 rings (SSSR count). The summed E-state index contributed by atoms with van der Waals surface area (Å²) in [4.78, 5) is 0. The number of benzene rings is 1. The van der Waals surface area contributed by atoms with Gasteiger partial charge in [0.25, 0.3) is 0 Å². The van der Waals surface area contributed by atoms with Gasteiger partial charge in [0.1, 0.15) is 0 Å². The SMILES string of the molecule is Cc1ccc(Br)cc1CCCl. The molecule has 2 heteroatoms. The third kappa shape index (κ3) is 2.49. The Hall–Kier alpha value is -0.0100. The Morgan fingerprint density at radius 3 is 2.82 bits per heavy atom. The van der Waals surface area contributed by atoms with Crippen molar-refractivity contribution in [1.82, 2.24) is 0 Å². The molecule has 60 valence electrons. The van der Waals surface area contributed by atoms with Crippen LogP contribution in [0.4, 0.5) is 0 Å². The maximum absolute atomic E-state index is 5.65. The van der Waals surface area contributed by atoms with Gasteiger partial charge >= 0.3 is 0 Å². The van der Waals surface area contributed by atoms with Gasteiger partial charge in [-0.05, 0) is 36.6 Å². The second kappa shape index (κ2) is 4.13. The molecule has 0 aromatic heterocycles. The van der Waals surface area contributed by atoms with Crippen molar-refractivity contribution in [2.24, 2.45) is 0 Å². The van der Waals surface area contributed by atoms with Gasteiger partial charge in [-0.1, -0.05) is 22.0 Å². The zero-order valence-electron chi connectivity index (χ0n) is 6.40. The van der Waals surface area contributed by atoms with Crippen molar-refractivity contribution in [3.8, 4) is 0 Å². The van der Waals surface area contributed by atoms with Crippen molar-refractivity contribution in [2.75, 3.05) is 5.88 Å². The van der Waals surface area contributed by atoms with Crippen molar-refractivity contribution < 1.29 is 0 Å². The van der Waals surface area contributed by atoms with Gasteiger partial charge in [-0.2, -0.15) is 0 Å². The Labute approximate surface area is 80.7 Å². The molecule has 0 saturated carbocycles. The van der Waals surface area contributed by atoms with Gasteiger partial charge in [-0.25, -0.2) is 0 Å². The maximum Gasteiger partial charge on any atom is 0.0264 e. The molecule has 0 saturated heterocycles. The lowest BCUT2D eigenvalue weighted by Gasteiger charge is -2.02. The smallest absolute Gasteiger partial charge is 0.0264 e. The highest BCUT2D eigenvalue weighted by Gasteiger charge is 1.97. The highest BCUT2D eigenvalue weighted by atomic mass is 79.9. The molecule has 0 fully saturated rings. The molecule has 0 heterocycles. The summed E-state index contributed by atoms with van der Waals surface area (Å²) in [5, 5.41) is 0. The van der Waals surface area contributed by atoms with Crippen LogP contribution in [0, 0.1) is 6.92 Å². The van der Waals surface area contributed by atoms with Crippen molar-refractivity contribution in [2.45, 2.75) is 13.3 Å². The molecule has 1 aromatic rings. The maximum atomic E-state index is 5.65. The van der Waals surface area contributed by atoms with E-state index in [0.29, 0.717) is 5.88 Å². The van der Waals surface area contributed by atoms with Crippen molar-refractivity contribution in [1.29, 1.82) is 0 Å². The Morgan fingerprint density at radius 1 is 1.45 bits per heavy atom. The van der Waals surface area contributed by atoms with Gasteiger partial charge in [0, 0.05) is 10.4 Å². The first-order valence-electron chi connectivity index (χ1n) is 3.55. The van der Waals surface area contributed by atoms with E-state index in [9.17, 15) is 0 Å². The molecule has 0 spiro atoms. The minimum absolute atomic E-state index is 0.692. The number of aryl methyl sites for hydroxylation is 2. The molecular weight excluding hydrogens is 223 g/mol. The minimum atomic E-state index is 0.692. The average molecular weight is 234 g/mol. The molecule has 0 radical (unpaired) electrons. The van der Waals surface area contributed by atoms with E-state index in [-0.39, 0.29) is 0 Å². The molecule has 0 aliphatic rings. The van der Waals surface area contributed by atoms with E-state index in [0.717, 1.165) is 10.9 Å². The minimum Gasteiger partial charge on any atom is -0.126 e. The highest BCUT2D eigenvalue weighted by Crippen LogP contribution is 2.16. The fraction of sp³-hybridized carbons (Fsp3) is 0.333. The normalized spacial score (nSPS) is 10.1. The molecule has 1 aromatic carbocycles. The van der Waals surface area contributed by atoms with Crippen LogP contribution >= 0.6 is 27.5 Å². The van der Waals surface area contributed by atoms with Gasteiger partial charge in [0.15, 0.2) is 0 Å². The van der Waals surface area contributed by atoms with Crippen LogP contribution in [-0.2, 0) is 6.42 Å². The van der Waals surface area contributed by atoms with E-state index < -0.39 is 0 Å². The van der Waals surface area contributed by atoms with Crippen LogP contribution in [0.1, 0.15) is 11.1 Å². The summed E-state index contributed by atoms with van der Waals surface area (Å²) in [6.45, 7) is 2.11. The van der Waals surface area contributed by atoms with Crippen molar-refractivity contribution in [3.05, 3.63) is 33.8 Å². The number of hydrogen-bond donors (Lipinski definition) is 0. The number of halogens is 2. The number of alkyl halides is 1. The first kappa shape index (κ1) is 9.08.